The van der Waals surface area contributed by atoms with Gasteiger partial charge in [0.25, 0.3) is 0 Å². The van der Waals surface area contributed by atoms with Crippen molar-refractivity contribution < 1.29 is 9.90 Å². The Morgan fingerprint density at radius 1 is 1.64 bits per heavy atom. The van der Waals surface area contributed by atoms with Crippen LogP contribution in [0.2, 0.25) is 0 Å². The fraction of sp³-hybridized carbons (Fsp3) is 0.444. The van der Waals surface area contributed by atoms with Crippen LogP contribution in [0.3, 0.4) is 0 Å². The van der Waals surface area contributed by atoms with Gasteiger partial charge in [0.2, 0.25) is 0 Å². The molecule has 62 valence electrons. The van der Waals surface area contributed by atoms with Gasteiger partial charge in [-0.25, -0.2) is 0 Å². The van der Waals surface area contributed by atoms with Crippen molar-refractivity contribution in [2.24, 2.45) is 0 Å². The van der Waals surface area contributed by atoms with Crippen LogP contribution in [0.5, 0.6) is 0 Å². The molecule has 2 nitrogen and oxygen atoms in total. The summed E-state index contributed by atoms with van der Waals surface area (Å²) in [4.78, 5) is 9.94. The SMILES string of the molecule is C=CC(O)(/C=C/C=O)CCC. The molecule has 0 aliphatic rings. The molecule has 1 unspecified atom stereocenters. The van der Waals surface area contributed by atoms with Gasteiger partial charge < -0.3 is 5.11 Å². The Morgan fingerprint density at radius 3 is 2.64 bits per heavy atom. The first-order valence-electron chi connectivity index (χ1n) is 3.67. The summed E-state index contributed by atoms with van der Waals surface area (Å²) in [5.41, 5.74) is -1.00. The summed E-state index contributed by atoms with van der Waals surface area (Å²) < 4.78 is 0. The fourth-order valence-electron chi connectivity index (χ4n) is 0.860. The van der Waals surface area contributed by atoms with Gasteiger partial charge in [-0.2, -0.15) is 0 Å². The molecule has 0 aromatic rings. The van der Waals surface area contributed by atoms with E-state index in [1.54, 1.807) is 0 Å². The molecule has 0 spiro atoms. The molecular weight excluding hydrogens is 140 g/mol. The van der Waals surface area contributed by atoms with E-state index in [0.717, 1.165) is 6.42 Å². The molecule has 0 aliphatic heterocycles. The molecule has 1 N–H and O–H groups in total. The highest BCUT2D eigenvalue weighted by molar-refractivity contribution is 5.65. The van der Waals surface area contributed by atoms with Crippen molar-refractivity contribution in [3.05, 3.63) is 24.8 Å². The second-order valence-corrected chi connectivity index (χ2v) is 2.44. The quantitative estimate of drug-likeness (QED) is 0.370. The Balaban J connectivity index is 4.19. The second-order valence-electron chi connectivity index (χ2n) is 2.44. The monoisotopic (exact) mass is 154 g/mol. The maximum absolute atomic E-state index is 9.94. The molecule has 2 heteroatoms. The third kappa shape index (κ3) is 3.73. The smallest absolute Gasteiger partial charge is 0.142 e. The van der Waals surface area contributed by atoms with Crippen LogP contribution in [0.4, 0.5) is 0 Å². The van der Waals surface area contributed by atoms with Crippen molar-refractivity contribution in [3.63, 3.8) is 0 Å². The van der Waals surface area contributed by atoms with Crippen LogP contribution in [-0.4, -0.2) is 17.0 Å². The largest absolute Gasteiger partial charge is 0.382 e. The number of hydrogen-bond donors (Lipinski definition) is 1. The summed E-state index contributed by atoms with van der Waals surface area (Å²) in [6, 6.07) is 0. The maximum atomic E-state index is 9.94. The minimum Gasteiger partial charge on any atom is -0.382 e. The molecule has 11 heavy (non-hydrogen) atoms. The molecule has 1 atom stereocenters. The number of carbonyl (C=O) groups excluding carboxylic acids is 1. The van der Waals surface area contributed by atoms with Crippen LogP contribution in [0, 0.1) is 0 Å². The molecule has 0 saturated carbocycles. The Hall–Kier alpha value is -0.890. The zero-order valence-corrected chi connectivity index (χ0v) is 6.79. The molecule has 0 saturated heterocycles. The lowest BCUT2D eigenvalue weighted by Crippen LogP contribution is -2.21. The normalized spacial score (nSPS) is 16.2. The minimum atomic E-state index is -1.00. The standard InChI is InChI=1S/C9H14O2/c1-3-6-9(11,4-2)7-5-8-10/h4-5,7-8,11H,2-3,6H2,1H3/b7-5+. The predicted molar refractivity (Wildman–Crippen MR) is 45.3 cm³/mol. The summed E-state index contributed by atoms with van der Waals surface area (Å²) in [5, 5.41) is 9.59. The molecule has 0 aromatic heterocycles. The summed E-state index contributed by atoms with van der Waals surface area (Å²) in [5.74, 6) is 0. The minimum absolute atomic E-state index is 0.598. The number of rotatable bonds is 5. The van der Waals surface area contributed by atoms with Crippen LogP contribution in [0.15, 0.2) is 24.8 Å². The topological polar surface area (TPSA) is 37.3 Å². The lowest BCUT2D eigenvalue weighted by molar-refractivity contribution is -0.104. The van der Waals surface area contributed by atoms with Crippen molar-refractivity contribution in [3.8, 4) is 0 Å². The second kappa shape index (κ2) is 4.85. The molecule has 0 aliphatic carbocycles. The number of hydrogen-bond acceptors (Lipinski definition) is 2. The Kier molecular flexibility index (Phi) is 4.46. The molecule has 0 amide bonds. The van der Waals surface area contributed by atoms with Crippen LogP contribution < -0.4 is 0 Å². The van der Waals surface area contributed by atoms with Crippen molar-refractivity contribution in [2.75, 3.05) is 0 Å². The van der Waals surface area contributed by atoms with E-state index in [2.05, 4.69) is 6.58 Å². The van der Waals surface area contributed by atoms with Gasteiger partial charge in [0.15, 0.2) is 0 Å². The van der Waals surface area contributed by atoms with Crippen molar-refractivity contribution in [1.82, 2.24) is 0 Å². The van der Waals surface area contributed by atoms with E-state index in [-0.39, 0.29) is 0 Å². The Morgan fingerprint density at radius 2 is 2.27 bits per heavy atom. The van der Waals surface area contributed by atoms with E-state index in [9.17, 15) is 9.90 Å². The van der Waals surface area contributed by atoms with E-state index in [0.29, 0.717) is 12.7 Å². The zero-order valence-electron chi connectivity index (χ0n) is 6.79. The van der Waals surface area contributed by atoms with Crippen LogP contribution in [-0.2, 0) is 4.79 Å². The average Bonchev–Trinajstić information content (AvgIpc) is 2.02. The van der Waals surface area contributed by atoms with Crippen LogP contribution >= 0.6 is 0 Å². The molecule has 0 fully saturated rings. The lowest BCUT2D eigenvalue weighted by Gasteiger charge is -2.18. The van der Waals surface area contributed by atoms with Gasteiger partial charge in [0, 0.05) is 0 Å². The molecule has 0 bridgehead atoms. The first-order valence-corrected chi connectivity index (χ1v) is 3.67. The third-order valence-corrected chi connectivity index (χ3v) is 1.47. The van der Waals surface area contributed by atoms with E-state index in [4.69, 9.17) is 0 Å². The van der Waals surface area contributed by atoms with Crippen molar-refractivity contribution in [1.29, 1.82) is 0 Å². The molecular formula is C9H14O2. The van der Waals surface area contributed by atoms with Crippen molar-refractivity contribution >= 4 is 6.29 Å². The van der Waals surface area contributed by atoms with E-state index < -0.39 is 5.60 Å². The van der Waals surface area contributed by atoms with E-state index in [1.807, 2.05) is 6.92 Å². The van der Waals surface area contributed by atoms with Crippen LogP contribution in [0.1, 0.15) is 19.8 Å². The summed E-state index contributed by atoms with van der Waals surface area (Å²) in [6.07, 6.45) is 6.28. The first-order chi connectivity index (χ1) is 5.18. The van der Waals surface area contributed by atoms with Gasteiger partial charge in [-0.3, -0.25) is 4.79 Å². The summed E-state index contributed by atoms with van der Waals surface area (Å²) in [7, 11) is 0. The Bertz CT molecular complexity index is 161. The molecule has 0 aromatic carbocycles. The highest BCUT2D eigenvalue weighted by Gasteiger charge is 2.16. The predicted octanol–water partition coefficient (Wildman–Crippen LogP) is 1.46. The zero-order chi connectivity index (χ0) is 8.74. The van der Waals surface area contributed by atoms with Gasteiger partial charge in [0.05, 0.1) is 0 Å². The number of aldehydes is 1. The first kappa shape index (κ1) is 10.1. The van der Waals surface area contributed by atoms with Gasteiger partial charge in [-0.1, -0.05) is 26.0 Å². The molecule has 0 rings (SSSR count). The van der Waals surface area contributed by atoms with Gasteiger partial charge >= 0.3 is 0 Å². The number of aliphatic hydroxyl groups is 1. The summed E-state index contributed by atoms with van der Waals surface area (Å²) >= 11 is 0. The highest BCUT2D eigenvalue weighted by atomic mass is 16.3. The number of carbonyl (C=O) groups is 1. The Labute approximate surface area is 67.2 Å². The number of allylic oxidation sites excluding steroid dienone is 1. The van der Waals surface area contributed by atoms with Gasteiger partial charge in [-0.15, -0.1) is 0 Å². The van der Waals surface area contributed by atoms with Gasteiger partial charge in [-0.05, 0) is 18.6 Å². The fourth-order valence-corrected chi connectivity index (χ4v) is 0.860. The van der Waals surface area contributed by atoms with E-state index in [1.165, 1.54) is 18.2 Å². The van der Waals surface area contributed by atoms with Gasteiger partial charge in [0.1, 0.15) is 11.9 Å². The maximum Gasteiger partial charge on any atom is 0.142 e. The van der Waals surface area contributed by atoms with Crippen molar-refractivity contribution in [2.45, 2.75) is 25.4 Å². The summed E-state index contributed by atoms with van der Waals surface area (Å²) in [6.45, 7) is 5.45. The highest BCUT2D eigenvalue weighted by Crippen LogP contribution is 2.14. The average molecular weight is 154 g/mol. The lowest BCUT2D eigenvalue weighted by atomic mass is 9.98. The molecule has 0 heterocycles. The molecule has 0 radical (unpaired) electrons. The van der Waals surface area contributed by atoms with E-state index >= 15 is 0 Å². The van der Waals surface area contributed by atoms with Crippen LogP contribution in [0.25, 0.3) is 0 Å². The third-order valence-electron chi connectivity index (χ3n) is 1.47.